The number of rotatable bonds is 2. The lowest BCUT2D eigenvalue weighted by Crippen LogP contribution is -2.55. The maximum absolute atomic E-state index is 6.20. The molecular weight excluding hydrogens is 280 g/mol. The van der Waals surface area contributed by atoms with Gasteiger partial charge in [-0.15, -0.1) is 0 Å². The van der Waals surface area contributed by atoms with Crippen LogP contribution < -0.4 is 14.9 Å². The van der Waals surface area contributed by atoms with Gasteiger partial charge in [-0.05, 0) is 38.1 Å². The van der Waals surface area contributed by atoms with E-state index >= 15 is 0 Å². The summed E-state index contributed by atoms with van der Waals surface area (Å²) in [6.07, 6.45) is 3.83. The van der Waals surface area contributed by atoms with Crippen LogP contribution in [-0.4, -0.2) is 17.8 Å². The fraction of sp³-hybridized carbons (Fsp3) is 0.294. The van der Waals surface area contributed by atoms with E-state index in [2.05, 4.69) is 22.6 Å². The molecule has 0 saturated heterocycles. The molecule has 5 heteroatoms. The van der Waals surface area contributed by atoms with E-state index in [1.807, 2.05) is 38.1 Å². The standard InChI is InChI=1S/C17H18N2O3/c1-17(2)19-13(10-12(18-19)14-8-5-9-21-14)11-6-4-7-15(20-3)16(11)22-17/h4-10,13,18H,1-3H3. The first-order valence-electron chi connectivity index (χ1n) is 7.28. The number of ether oxygens (including phenoxy) is 2. The molecule has 114 valence electrons. The SMILES string of the molecule is COc1cccc2c1OC(C)(C)N1NC(c3ccco3)=CC21. The summed E-state index contributed by atoms with van der Waals surface area (Å²) in [7, 11) is 1.66. The van der Waals surface area contributed by atoms with Gasteiger partial charge >= 0.3 is 0 Å². The van der Waals surface area contributed by atoms with Crippen LogP contribution in [-0.2, 0) is 0 Å². The van der Waals surface area contributed by atoms with E-state index < -0.39 is 5.72 Å². The van der Waals surface area contributed by atoms with Crippen LogP contribution in [0.5, 0.6) is 11.5 Å². The highest BCUT2D eigenvalue weighted by molar-refractivity contribution is 5.65. The fourth-order valence-corrected chi connectivity index (χ4v) is 3.07. The van der Waals surface area contributed by atoms with Crippen LogP contribution in [0.25, 0.3) is 5.70 Å². The van der Waals surface area contributed by atoms with Gasteiger partial charge in [0.1, 0.15) is 0 Å². The zero-order valence-corrected chi connectivity index (χ0v) is 12.8. The summed E-state index contributed by atoms with van der Waals surface area (Å²) >= 11 is 0. The number of fused-ring (bicyclic) bond motifs is 3. The molecule has 0 radical (unpaired) electrons. The maximum atomic E-state index is 6.20. The van der Waals surface area contributed by atoms with Gasteiger partial charge in [0.2, 0.25) is 0 Å². The predicted molar refractivity (Wildman–Crippen MR) is 82.1 cm³/mol. The topological polar surface area (TPSA) is 46.9 Å². The summed E-state index contributed by atoms with van der Waals surface area (Å²) in [4.78, 5) is 0. The van der Waals surface area contributed by atoms with Gasteiger partial charge in [-0.25, -0.2) is 0 Å². The number of benzene rings is 1. The van der Waals surface area contributed by atoms with Crippen molar-refractivity contribution in [3.63, 3.8) is 0 Å². The molecule has 1 unspecified atom stereocenters. The van der Waals surface area contributed by atoms with Gasteiger partial charge in [-0.1, -0.05) is 12.1 Å². The lowest BCUT2D eigenvalue weighted by atomic mass is 10.00. The van der Waals surface area contributed by atoms with Crippen LogP contribution in [0.1, 0.15) is 31.2 Å². The maximum Gasteiger partial charge on any atom is 0.175 e. The molecule has 5 nitrogen and oxygen atoms in total. The third kappa shape index (κ3) is 1.82. The summed E-state index contributed by atoms with van der Waals surface area (Å²) < 4.78 is 17.1. The van der Waals surface area contributed by atoms with Crippen molar-refractivity contribution in [2.75, 3.05) is 7.11 Å². The number of methoxy groups -OCH3 is 1. The van der Waals surface area contributed by atoms with Crippen LogP contribution >= 0.6 is 0 Å². The molecule has 2 aromatic rings. The average Bonchev–Trinajstić information content (AvgIpc) is 3.16. The highest BCUT2D eigenvalue weighted by atomic mass is 16.5. The Morgan fingerprint density at radius 1 is 1.23 bits per heavy atom. The van der Waals surface area contributed by atoms with Crippen molar-refractivity contribution in [3.05, 3.63) is 54.0 Å². The van der Waals surface area contributed by atoms with Crippen LogP contribution in [0.15, 0.2) is 47.1 Å². The minimum absolute atomic E-state index is 0.0638. The largest absolute Gasteiger partial charge is 0.493 e. The second kappa shape index (κ2) is 4.55. The molecule has 4 rings (SSSR count). The first-order valence-corrected chi connectivity index (χ1v) is 7.28. The monoisotopic (exact) mass is 298 g/mol. The zero-order chi connectivity index (χ0) is 15.3. The smallest absolute Gasteiger partial charge is 0.175 e. The van der Waals surface area contributed by atoms with E-state index in [1.165, 1.54) is 0 Å². The molecule has 0 saturated carbocycles. The lowest BCUT2D eigenvalue weighted by Gasteiger charge is -2.44. The van der Waals surface area contributed by atoms with E-state index in [0.717, 1.165) is 28.5 Å². The van der Waals surface area contributed by atoms with Gasteiger partial charge in [0.25, 0.3) is 0 Å². The number of hydrogen-bond donors (Lipinski definition) is 1. The Kier molecular flexibility index (Phi) is 2.74. The van der Waals surface area contributed by atoms with Crippen molar-refractivity contribution in [3.8, 4) is 11.5 Å². The molecule has 2 aliphatic heterocycles. The van der Waals surface area contributed by atoms with E-state index in [4.69, 9.17) is 13.9 Å². The molecule has 1 atom stereocenters. The second-order valence-corrected chi connectivity index (χ2v) is 5.91. The van der Waals surface area contributed by atoms with E-state index in [-0.39, 0.29) is 6.04 Å². The Morgan fingerprint density at radius 3 is 2.82 bits per heavy atom. The number of nitrogens with one attached hydrogen (secondary N) is 1. The molecule has 1 aromatic carbocycles. The van der Waals surface area contributed by atoms with Crippen LogP contribution in [0.4, 0.5) is 0 Å². The Morgan fingerprint density at radius 2 is 2.09 bits per heavy atom. The van der Waals surface area contributed by atoms with Crippen molar-refractivity contribution in [1.29, 1.82) is 0 Å². The molecule has 0 spiro atoms. The van der Waals surface area contributed by atoms with Crippen LogP contribution in [0, 0.1) is 0 Å². The molecule has 1 N–H and O–H groups in total. The third-order valence-electron chi connectivity index (χ3n) is 4.11. The Balaban J connectivity index is 1.83. The highest BCUT2D eigenvalue weighted by Gasteiger charge is 2.45. The molecule has 1 aromatic heterocycles. The van der Waals surface area contributed by atoms with Gasteiger partial charge in [0.05, 0.1) is 25.1 Å². The predicted octanol–water partition coefficient (Wildman–Crippen LogP) is 3.32. The Hall–Kier alpha value is -2.40. The summed E-state index contributed by atoms with van der Waals surface area (Å²) in [6.45, 7) is 4.06. The Bertz CT molecular complexity index is 734. The van der Waals surface area contributed by atoms with Crippen LogP contribution in [0.2, 0.25) is 0 Å². The molecule has 0 aliphatic carbocycles. The van der Waals surface area contributed by atoms with Gasteiger partial charge < -0.3 is 19.3 Å². The number of nitrogens with zero attached hydrogens (tertiary/aromatic N) is 1. The van der Waals surface area contributed by atoms with E-state index in [9.17, 15) is 0 Å². The summed E-state index contributed by atoms with van der Waals surface area (Å²) in [5.74, 6) is 2.37. The van der Waals surface area contributed by atoms with Gasteiger partial charge in [-0.2, -0.15) is 5.01 Å². The highest BCUT2D eigenvalue weighted by Crippen LogP contribution is 2.48. The van der Waals surface area contributed by atoms with Gasteiger partial charge in [0, 0.05) is 5.56 Å². The normalized spacial score (nSPS) is 22.1. The van der Waals surface area contributed by atoms with Crippen molar-refractivity contribution in [1.82, 2.24) is 10.4 Å². The number of para-hydroxylation sites is 1. The molecule has 0 amide bonds. The molecule has 3 heterocycles. The summed E-state index contributed by atoms with van der Waals surface area (Å²) in [6, 6.07) is 9.86. The first kappa shape index (κ1) is 13.3. The summed E-state index contributed by atoms with van der Waals surface area (Å²) in [5.41, 5.74) is 4.91. The molecule has 0 fully saturated rings. The lowest BCUT2D eigenvalue weighted by molar-refractivity contribution is -0.104. The number of hydrazine groups is 1. The third-order valence-corrected chi connectivity index (χ3v) is 4.11. The zero-order valence-electron chi connectivity index (χ0n) is 12.8. The van der Waals surface area contributed by atoms with Crippen molar-refractivity contribution in [2.45, 2.75) is 25.6 Å². The minimum Gasteiger partial charge on any atom is -0.493 e. The molecule has 0 bridgehead atoms. The van der Waals surface area contributed by atoms with E-state index in [0.29, 0.717) is 0 Å². The average molecular weight is 298 g/mol. The number of furan rings is 1. The number of hydrogen-bond acceptors (Lipinski definition) is 5. The quantitative estimate of drug-likeness (QED) is 0.921. The van der Waals surface area contributed by atoms with Gasteiger partial charge in [-0.3, -0.25) is 0 Å². The molecule has 22 heavy (non-hydrogen) atoms. The minimum atomic E-state index is -0.517. The van der Waals surface area contributed by atoms with Crippen LogP contribution in [0.3, 0.4) is 0 Å². The Labute approximate surface area is 129 Å². The fourth-order valence-electron chi connectivity index (χ4n) is 3.07. The molecular formula is C17H18N2O3. The first-order chi connectivity index (χ1) is 10.6. The molecule has 2 aliphatic rings. The van der Waals surface area contributed by atoms with Crippen molar-refractivity contribution < 1.29 is 13.9 Å². The van der Waals surface area contributed by atoms with Gasteiger partial charge in [0.15, 0.2) is 23.0 Å². The van der Waals surface area contributed by atoms with Crippen molar-refractivity contribution >= 4 is 5.70 Å². The van der Waals surface area contributed by atoms with E-state index in [1.54, 1.807) is 13.4 Å². The summed E-state index contributed by atoms with van der Waals surface area (Å²) in [5, 5.41) is 2.09. The second-order valence-electron chi connectivity index (χ2n) is 5.91. The van der Waals surface area contributed by atoms with Crippen molar-refractivity contribution in [2.24, 2.45) is 0 Å².